The number of rotatable bonds is 3. The number of halogens is 1. The second kappa shape index (κ2) is 4.77. The molecule has 0 aliphatic rings. The van der Waals surface area contributed by atoms with Crippen LogP contribution < -0.4 is 0 Å². The zero-order valence-electron chi connectivity index (χ0n) is 10.6. The number of fused-ring (bicyclic) bond motifs is 1. The molecule has 1 atom stereocenters. The Labute approximate surface area is 111 Å². The minimum Gasteiger partial charge on any atom is -0.264 e. The highest BCUT2D eigenvalue weighted by molar-refractivity contribution is 9.09. The van der Waals surface area contributed by atoms with Crippen molar-refractivity contribution in [3.63, 3.8) is 0 Å². The molecule has 1 aromatic heterocycles. The molecule has 2 rings (SSSR count). The molecule has 1 unspecified atom stereocenters. The molecule has 1 nitrogen and oxygen atoms in total. The third kappa shape index (κ3) is 2.68. The average molecular weight is 292 g/mol. The maximum absolute atomic E-state index is 4.37. The van der Waals surface area contributed by atoms with Gasteiger partial charge in [-0.2, -0.15) is 0 Å². The first-order valence-electron chi connectivity index (χ1n) is 5.98. The first-order chi connectivity index (χ1) is 8.00. The molecule has 0 N–H and O–H groups in total. The Hall–Kier alpha value is -0.890. The van der Waals surface area contributed by atoms with Gasteiger partial charge in [0, 0.05) is 22.6 Å². The summed E-state index contributed by atoms with van der Waals surface area (Å²) >= 11 is 3.65. The van der Waals surface area contributed by atoms with Crippen molar-refractivity contribution in [2.24, 2.45) is 0 Å². The lowest BCUT2D eigenvalue weighted by Gasteiger charge is -2.27. The molecule has 90 valence electrons. The predicted octanol–water partition coefficient (Wildman–Crippen LogP) is 4.69. The van der Waals surface area contributed by atoms with Crippen LogP contribution in [0, 0.1) is 0 Å². The number of hydrogen-bond acceptors (Lipinski definition) is 1. The lowest BCUT2D eigenvalue weighted by atomic mass is 9.79. The van der Waals surface area contributed by atoms with E-state index < -0.39 is 0 Å². The van der Waals surface area contributed by atoms with Gasteiger partial charge in [0.15, 0.2) is 0 Å². The van der Waals surface area contributed by atoms with Crippen LogP contribution in [0.4, 0.5) is 0 Å². The summed E-state index contributed by atoms with van der Waals surface area (Å²) in [7, 11) is 0. The number of nitrogens with zero attached hydrogens (tertiary/aromatic N) is 1. The van der Waals surface area contributed by atoms with Gasteiger partial charge in [0.2, 0.25) is 0 Å². The smallest absolute Gasteiger partial charge is 0.0346 e. The molecule has 0 spiro atoms. The topological polar surface area (TPSA) is 12.9 Å². The molecule has 1 aromatic carbocycles. The summed E-state index contributed by atoms with van der Waals surface area (Å²) in [6.07, 6.45) is 5.05. The van der Waals surface area contributed by atoms with Crippen LogP contribution in [0.15, 0.2) is 36.7 Å². The Morgan fingerprint density at radius 1 is 1.24 bits per heavy atom. The Balaban J connectivity index is 2.55. The van der Waals surface area contributed by atoms with Crippen molar-refractivity contribution in [3.05, 3.63) is 42.2 Å². The fourth-order valence-corrected chi connectivity index (χ4v) is 3.28. The highest BCUT2D eigenvalue weighted by Crippen LogP contribution is 2.34. The summed E-state index contributed by atoms with van der Waals surface area (Å²) in [4.78, 5) is 4.88. The van der Waals surface area contributed by atoms with Crippen LogP contribution in [0.3, 0.4) is 0 Å². The third-order valence-electron chi connectivity index (χ3n) is 3.19. The minimum absolute atomic E-state index is 0.136. The van der Waals surface area contributed by atoms with Gasteiger partial charge in [0.25, 0.3) is 0 Å². The van der Waals surface area contributed by atoms with Crippen molar-refractivity contribution in [2.45, 2.75) is 37.4 Å². The summed E-state index contributed by atoms with van der Waals surface area (Å²) in [6, 6.07) is 8.47. The highest BCUT2D eigenvalue weighted by Gasteiger charge is 2.24. The Morgan fingerprint density at radius 2 is 1.94 bits per heavy atom. The largest absolute Gasteiger partial charge is 0.264 e. The van der Waals surface area contributed by atoms with Gasteiger partial charge >= 0.3 is 0 Å². The fraction of sp³-hybridized carbons (Fsp3) is 0.400. The van der Waals surface area contributed by atoms with Crippen molar-refractivity contribution in [2.75, 3.05) is 0 Å². The lowest BCUT2D eigenvalue weighted by molar-refractivity contribution is 0.485. The van der Waals surface area contributed by atoms with Gasteiger partial charge in [-0.05, 0) is 22.8 Å². The highest BCUT2D eigenvalue weighted by atomic mass is 79.9. The average Bonchev–Trinajstić information content (AvgIpc) is 2.26. The first-order valence-corrected chi connectivity index (χ1v) is 6.89. The van der Waals surface area contributed by atoms with Crippen LogP contribution in [-0.4, -0.2) is 9.81 Å². The quantitative estimate of drug-likeness (QED) is 0.748. The maximum atomic E-state index is 4.37. The molecular weight excluding hydrogens is 274 g/mol. The molecule has 1 heterocycles. The van der Waals surface area contributed by atoms with E-state index in [4.69, 9.17) is 0 Å². The van der Waals surface area contributed by atoms with Crippen LogP contribution in [-0.2, 0) is 5.41 Å². The lowest BCUT2D eigenvalue weighted by Crippen LogP contribution is -2.21. The third-order valence-corrected chi connectivity index (χ3v) is 3.51. The van der Waals surface area contributed by atoms with E-state index in [0.29, 0.717) is 4.83 Å². The van der Waals surface area contributed by atoms with Gasteiger partial charge in [-0.1, -0.05) is 61.0 Å². The van der Waals surface area contributed by atoms with Crippen LogP contribution in [0.25, 0.3) is 10.8 Å². The Kier molecular flexibility index (Phi) is 3.53. The summed E-state index contributed by atoms with van der Waals surface area (Å²) in [5.74, 6) is 0. The molecule has 0 radical (unpaired) electrons. The zero-order valence-corrected chi connectivity index (χ0v) is 12.2. The molecular formula is C15H18BrN. The van der Waals surface area contributed by atoms with Crippen LogP contribution in [0.1, 0.15) is 32.8 Å². The normalized spacial score (nSPS) is 13.9. The first kappa shape index (κ1) is 12.6. The van der Waals surface area contributed by atoms with Crippen molar-refractivity contribution >= 4 is 26.7 Å². The van der Waals surface area contributed by atoms with Gasteiger partial charge in [-0.25, -0.2) is 0 Å². The number of benzene rings is 1. The van der Waals surface area contributed by atoms with Gasteiger partial charge in [0.1, 0.15) is 0 Å². The Bertz CT molecular complexity index is 512. The molecule has 0 amide bonds. The van der Waals surface area contributed by atoms with Crippen LogP contribution in [0.2, 0.25) is 0 Å². The number of pyridine rings is 1. The van der Waals surface area contributed by atoms with E-state index in [-0.39, 0.29) is 5.41 Å². The van der Waals surface area contributed by atoms with Gasteiger partial charge in [-0.3, -0.25) is 4.98 Å². The van der Waals surface area contributed by atoms with E-state index in [2.05, 4.69) is 66.0 Å². The monoisotopic (exact) mass is 291 g/mol. The number of hydrogen-bond donors (Lipinski definition) is 0. The molecule has 2 aromatic rings. The Morgan fingerprint density at radius 3 is 2.65 bits per heavy atom. The van der Waals surface area contributed by atoms with Crippen LogP contribution >= 0.6 is 15.9 Å². The maximum Gasteiger partial charge on any atom is 0.0346 e. The standard InChI is InChI=1S/C15H18BrN/c1-11(16)8-15(2,3)14-10-17-9-12-6-4-5-7-13(12)14/h4-7,9-11H,8H2,1-3H3. The fourth-order valence-electron chi connectivity index (χ4n) is 2.47. The molecule has 17 heavy (non-hydrogen) atoms. The second-order valence-electron chi connectivity index (χ2n) is 5.28. The predicted molar refractivity (Wildman–Crippen MR) is 77.8 cm³/mol. The summed E-state index contributed by atoms with van der Waals surface area (Å²) in [6.45, 7) is 6.77. The molecule has 0 saturated heterocycles. The number of aromatic nitrogens is 1. The van der Waals surface area contributed by atoms with Gasteiger partial charge in [0.05, 0.1) is 0 Å². The molecule has 0 aliphatic carbocycles. The molecule has 0 bridgehead atoms. The van der Waals surface area contributed by atoms with E-state index in [9.17, 15) is 0 Å². The van der Waals surface area contributed by atoms with Crippen molar-refractivity contribution < 1.29 is 0 Å². The molecule has 0 saturated carbocycles. The zero-order chi connectivity index (χ0) is 12.5. The SMILES string of the molecule is CC(Br)CC(C)(C)c1cncc2ccccc12. The second-order valence-corrected chi connectivity index (χ2v) is 6.84. The van der Waals surface area contributed by atoms with Crippen molar-refractivity contribution in [3.8, 4) is 0 Å². The molecule has 0 aliphatic heterocycles. The van der Waals surface area contributed by atoms with Gasteiger partial charge in [-0.15, -0.1) is 0 Å². The number of alkyl halides is 1. The molecule has 0 fully saturated rings. The van der Waals surface area contributed by atoms with Crippen molar-refractivity contribution in [1.29, 1.82) is 0 Å². The van der Waals surface area contributed by atoms with E-state index >= 15 is 0 Å². The van der Waals surface area contributed by atoms with E-state index in [0.717, 1.165) is 6.42 Å². The molecule has 2 heteroatoms. The summed E-state index contributed by atoms with van der Waals surface area (Å²) in [5.41, 5.74) is 1.47. The van der Waals surface area contributed by atoms with Gasteiger partial charge < -0.3 is 0 Å². The van der Waals surface area contributed by atoms with E-state index in [1.54, 1.807) is 0 Å². The van der Waals surface area contributed by atoms with E-state index in [1.807, 2.05) is 12.4 Å². The van der Waals surface area contributed by atoms with Crippen molar-refractivity contribution in [1.82, 2.24) is 4.98 Å². The minimum atomic E-state index is 0.136. The van der Waals surface area contributed by atoms with Crippen LogP contribution in [0.5, 0.6) is 0 Å². The van der Waals surface area contributed by atoms with E-state index in [1.165, 1.54) is 16.3 Å². The summed E-state index contributed by atoms with van der Waals surface area (Å²) < 4.78 is 0. The summed E-state index contributed by atoms with van der Waals surface area (Å²) in [5, 5.41) is 2.54.